The maximum absolute atomic E-state index is 11.5. The highest BCUT2D eigenvalue weighted by Gasteiger charge is 2.23. The van der Waals surface area contributed by atoms with E-state index in [1.165, 1.54) is 0 Å². The number of esters is 1. The van der Waals surface area contributed by atoms with Crippen molar-refractivity contribution >= 4 is 5.97 Å². The van der Waals surface area contributed by atoms with Crippen LogP contribution >= 0.6 is 0 Å². The highest BCUT2D eigenvalue weighted by atomic mass is 16.5. The number of nitrogens with zero attached hydrogens (tertiary/aromatic N) is 1. The fourth-order valence-corrected chi connectivity index (χ4v) is 2.73. The van der Waals surface area contributed by atoms with Crippen LogP contribution in [0.5, 0.6) is 11.5 Å². The van der Waals surface area contributed by atoms with Gasteiger partial charge in [0, 0.05) is 6.42 Å². The summed E-state index contributed by atoms with van der Waals surface area (Å²) in [5, 5.41) is 8.49. The number of ether oxygens (including phenoxy) is 3. The summed E-state index contributed by atoms with van der Waals surface area (Å²) in [5.74, 6) is 1.47. The molecule has 0 bridgehead atoms. The van der Waals surface area contributed by atoms with Crippen LogP contribution in [0.3, 0.4) is 0 Å². The molecule has 0 N–H and O–H groups in total. The molecule has 130 valence electrons. The van der Waals surface area contributed by atoms with Gasteiger partial charge in [-0.3, -0.25) is 4.79 Å². The van der Waals surface area contributed by atoms with Crippen LogP contribution in [0.4, 0.5) is 0 Å². The number of benzene rings is 1. The lowest BCUT2D eigenvalue weighted by molar-refractivity contribution is -0.145. The molecule has 1 aliphatic heterocycles. The van der Waals surface area contributed by atoms with Gasteiger partial charge in [-0.05, 0) is 62.8 Å². The Labute approximate surface area is 143 Å². The van der Waals surface area contributed by atoms with Crippen molar-refractivity contribution in [3.63, 3.8) is 0 Å². The Morgan fingerprint density at radius 3 is 3.04 bits per heavy atom. The van der Waals surface area contributed by atoms with E-state index in [-0.39, 0.29) is 12.1 Å². The van der Waals surface area contributed by atoms with E-state index in [0.717, 1.165) is 49.2 Å². The Kier molecular flexibility index (Phi) is 7.41. The molecule has 5 heteroatoms. The molecule has 2 rings (SSSR count). The van der Waals surface area contributed by atoms with Crippen molar-refractivity contribution in [2.75, 3.05) is 13.2 Å². The minimum atomic E-state index is -0.206. The van der Waals surface area contributed by atoms with E-state index in [1.807, 2.05) is 18.2 Å². The third-order valence-electron chi connectivity index (χ3n) is 3.96. The molecule has 0 saturated heterocycles. The first-order valence-electron chi connectivity index (χ1n) is 8.68. The highest BCUT2D eigenvalue weighted by molar-refractivity contribution is 5.70. The molecule has 5 nitrogen and oxygen atoms in total. The van der Waals surface area contributed by atoms with Gasteiger partial charge < -0.3 is 14.2 Å². The van der Waals surface area contributed by atoms with Crippen LogP contribution in [-0.4, -0.2) is 25.3 Å². The number of carbonyl (C=O) groups is 1. The van der Waals surface area contributed by atoms with Crippen molar-refractivity contribution in [1.82, 2.24) is 0 Å². The highest BCUT2D eigenvalue weighted by Crippen LogP contribution is 2.32. The number of fused-ring (bicyclic) bond motifs is 1. The zero-order valence-corrected chi connectivity index (χ0v) is 14.3. The lowest BCUT2D eigenvalue weighted by atomic mass is 10.0. The molecule has 1 aromatic rings. The normalized spacial score (nSPS) is 15.8. The number of hydrogen-bond donors (Lipinski definition) is 0. The van der Waals surface area contributed by atoms with Crippen LogP contribution < -0.4 is 9.47 Å². The molecule has 0 fully saturated rings. The van der Waals surface area contributed by atoms with Crippen LogP contribution in [0, 0.1) is 11.3 Å². The molecule has 1 aliphatic rings. The van der Waals surface area contributed by atoms with Crippen LogP contribution in [0.2, 0.25) is 0 Å². The largest absolute Gasteiger partial charge is 0.494 e. The van der Waals surface area contributed by atoms with Gasteiger partial charge in [-0.25, -0.2) is 0 Å². The summed E-state index contributed by atoms with van der Waals surface area (Å²) in [5.41, 5.74) is 1.12. The Morgan fingerprint density at radius 1 is 1.38 bits per heavy atom. The van der Waals surface area contributed by atoms with E-state index in [1.54, 1.807) is 6.92 Å². The summed E-state index contributed by atoms with van der Waals surface area (Å²) in [6, 6.07) is 7.99. The summed E-state index contributed by atoms with van der Waals surface area (Å²) >= 11 is 0. The van der Waals surface area contributed by atoms with Crippen molar-refractivity contribution < 1.29 is 19.0 Å². The maximum atomic E-state index is 11.5. The second kappa shape index (κ2) is 9.82. The summed E-state index contributed by atoms with van der Waals surface area (Å²) in [6.45, 7) is 2.87. The third kappa shape index (κ3) is 5.77. The van der Waals surface area contributed by atoms with Crippen LogP contribution in [0.1, 0.15) is 51.0 Å². The zero-order chi connectivity index (χ0) is 17.2. The van der Waals surface area contributed by atoms with Gasteiger partial charge in [0.2, 0.25) is 0 Å². The number of carbonyl (C=O) groups excluding carboxylic acids is 1. The van der Waals surface area contributed by atoms with E-state index >= 15 is 0 Å². The third-order valence-corrected chi connectivity index (χ3v) is 3.96. The Hall–Kier alpha value is -2.22. The van der Waals surface area contributed by atoms with Crippen molar-refractivity contribution in [2.24, 2.45) is 0 Å². The fraction of sp³-hybridized carbons (Fsp3) is 0.579. The monoisotopic (exact) mass is 331 g/mol. The van der Waals surface area contributed by atoms with Gasteiger partial charge in [0.05, 0.1) is 25.7 Å². The zero-order valence-electron chi connectivity index (χ0n) is 14.3. The van der Waals surface area contributed by atoms with Crippen molar-refractivity contribution in [1.29, 1.82) is 5.26 Å². The number of aryl methyl sites for hydroxylation is 1. The minimum absolute atomic E-state index is 0.108. The quantitative estimate of drug-likeness (QED) is 0.508. The first-order valence-corrected chi connectivity index (χ1v) is 8.68. The molecule has 0 aliphatic carbocycles. The first-order chi connectivity index (χ1) is 11.7. The SMILES string of the molecule is CCOC(=O)CC1CCc2cc(OCCCCCC#N)ccc2O1. The summed E-state index contributed by atoms with van der Waals surface area (Å²) in [4.78, 5) is 11.5. The molecule has 1 heterocycles. The predicted octanol–water partition coefficient (Wildman–Crippen LogP) is 3.80. The lowest BCUT2D eigenvalue weighted by Gasteiger charge is -2.26. The van der Waals surface area contributed by atoms with Crippen LogP contribution in [-0.2, 0) is 16.0 Å². The number of rotatable bonds is 9. The molecule has 0 radical (unpaired) electrons. The first kappa shape index (κ1) is 18.1. The van der Waals surface area contributed by atoms with E-state index < -0.39 is 0 Å². The topological polar surface area (TPSA) is 68.5 Å². The average Bonchev–Trinajstić information content (AvgIpc) is 2.58. The number of hydrogen-bond acceptors (Lipinski definition) is 5. The van der Waals surface area contributed by atoms with E-state index in [9.17, 15) is 4.79 Å². The van der Waals surface area contributed by atoms with Crippen molar-refractivity contribution in [3.8, 4) is 17.6 Å². The summed E-state index contributed by atoms with van der Waals surface area (Å²) in [7, 11) is 0. The predicted molar refractivity (Wildman–Crippen MR) is 90.0 cm³/mol. The standard InChI is InChI=1S/C19H25NO4/c1-2-22-19(21)14-17-8-7-15-13-16(9-10-18(15)24-17)23-12-6-4-3-5-11-20/h9-10,13,17H,2-8,12,14H2,1H3. The fourth-order valence-electron chi connectivity index (χ4n) is 2.73. The van der Waals surface area contributed by atoms with Crippen LogP contribution in [0.15, 0.2) is 18.2 Å². The molecule has 1 unspecified atom stereocenters. The number of unbranched alkanes of at least 4 members (excludes halogenated alkanes) is 3. The van der Waals surface area contributed by atoms with E-state index in [2.05, 4.69) is 6.07 Å². The van der Waals surface area contributed by atoms with Crippen molar-refractivity contribution in [2.45, 2.75) is 58.0 Å². The van der Waals surface area contributed by atoms with Gasteiger partial charge in [0.15, 0.2) is 0 Å². The Bertz CT molecular complexity index is 579. The van der Waals surface area contributed by atoms with E-state index in [0.29, 0.717) is 26.1 Å². The number of nitriles is 1. The molecule has 0 amide bonds. The van der Waals surface area contributed by atoms with Crippen molar-refractivity contribution in [3.05, 3.63) is 23.8 Å². The van der Waals surface area contributed by atoms with Gasteiger partial charge in [0.25, 0.3) is 0 Å². The minimum Gasteiger partial charge on any atom is -0.494 e. The molecule has 0 aromatic heterocycles. The van der Waals surface area contributed by atoms with Gasteiger partial charge in [0.1, 0.15) is 17.6 Å². The average molecular weight is 331 g/mol. The summed E-state index contributed by atoms with van der Waals surface area (Å²) < 4.78 is 16.6. The van der Waals surface area contributed by atoms with Gasteiger partial charge in [-0.2, -0.15) is 5.26 Å². The molecule has 0 spiro atoms. The van der Waals surface area contributed by atoms with E-state index in [4.69, 9.17) is 19.5 Å². The smallest absolute Gasteiger partial charge is 0.309 e. The molecule has 1 aromatic carbocycles. The lowest BCUT2D eigenvalue weighted by Crippen LogP contribution is -2.26. The summed E-state index contributed by atoms with van der Waals surface area (Å²) in [6.07, 6.45) is 5.39. The van der Waals surface area contributed by atoms with Gasteiger partial charge in [-0.1, -0.05) is 0 Å². The molecule has 0 saturated carbocycles. The molecular weight excluding hydrogens is 306 g/mol. The Balaban J connectivity index is 1.78. The maximum Gasteiger partial charge on any atom is 0.309 e. The second-order valence-electron chi connectivity index (χ2n) is 5.87. The molecule has 24 heavy (non-hydrogen) atoms. The molecular formula is C19H25NO4. The molecule has 1 atom stereocenters. The Morgan fingerprint density at radius 2 is 2.25 bits per heavy atom. The van der Waals surface area contributed by atoms with Gasteiger partial charge in [-0.15, -0.1) is 0 Å². The second-order valence-corrected chi connectivity index (χ2v) is 5.87. The van der Waals surface area contributed by atoms with Crippen LogP contribution in [0.25, 0.3) is 0 Å². The van der Waals surface area contributed by atoms with Gasteiger partial charge >= 0.3 is 5.97 Å².